The van der Waals surface area contributed by atoms with Gasteiger partial charge in [-0.3, -0.25) is 4.79 Å². The zero-order chi connectivity index (χ0) is 12.3. The largest absolute Gasteiger partial charge is 0.356 e. The van der Waals surface area contributed by atoms with E-state index >= 15 is 0 Å². The van der Waals surface area contributed by atoms with Gasteiger partial charge in [-0.05, 0) is 23.9 Å². The van der Waals surface area contributed by atoms with E-state index in [1.54, 1.807) is 0 Å². The summed E-state index contributed by atoms with van der Waals surface area (Å²) in [7, 11) is 0. The molecule has 0 aliphatic heterocycles. The highest BCUT2D eigenvalue weighted by Crippen LogP contribution is 1.98. The van der Waals surface area contributed by atoms with Crippen molar-refractivity contribution in [1.82, 2.24) is 5.32 Å². The van der Waals surface area contributed by atoms with Crippen molar-refractivity contribution in [2.45, 2.75) is 19.3 Å². The normalized spacial score (nSPS) is 9.41. The van der Waals surface area contributed by atoms with Crippen molar-refractivity contribution >= 4 is 5.91 Å². The van der Waals surface area contributed by atoms with Crippen molar-refractivity contribution in [2.75, 3.05) is 13.1 Å². The van der Waals surface area contributed by atoms with Crippen LogP contribution in [-0.2, 0) is 11.2 Å². The maximum atomic E-state index is 11.4. The standard InChI is InChI=1S/C12H16N4O/c13-16-15-9-4-7-12(17)14-10-8-11-5-2-1-3-6-11/h1-3,5-6H,4,7-10H2,(H,14,17). The second kappa shape index (κ2) is 8.19. The molecule has 0 atom stereocenters. The van der Waals surface area contributed by atoms with Crippen LogP contribution >= 0.6 is 0 Å². The van der Waals surface area contributed by atoms with E-state index in [4.69, 9.17) is 5.53 Å². The molecule has 0 saturated carbocycles. The second-order valence-electron chi connectivity index (χ2n) is 3.64. The van der Waals surface area contributed by atoms with E-state index in [1.807, 2.05) is 30.3 Å². The number of amides is 1. The van der Waals surface area contributed by atoms with Crippen LogP contribution in [-0.4, -0.2) is 19.0 Å². The van der Waals surface area contributed by atoms with E-state index in [1.165, 1.54) is 5.56 Å². The third-order valence-electron chi connectivity index (χ3n) is 2.30. The number of nitrogens with zero attached hydrogens (tertiary/aromatic N) is 3. The summed E-state index contributed by atoms with van der Waals surface area (Å²) in [6.07, 6.45) is 1.85. The summed E-state index contributed by atoms with van der Waals surface area (Å²) < 4.78 is 0. The Morgan fingerprint density at radius 3 is 2.82 bits per heavy atom. The third-order valence-corrected chi connectivity index (χ3v) is 2.30. The van der Waals surface area contributed by atoms with Gasteiger partial charge in [-0.1, -0.05) is 35.4 Å². The van der Waals surface area contributed by atoms with Gasteiger partial charge in [0.15, 0.2) is 0 Å². The van der Waals surface area contributed by atoms with E-state index in [0.717, 1.165) is 6.42 Å². The fourth-order valence-corrected chi connectivity index (χ4v) is 1.43. The summed E-state index contributed by atoms with van der Waals surface area (Å²) in [6.45, 7) is 1.02. The minimum atomic E-state index is 0.00840. The SMILES string of the molecule is [N-]=[N+]=NCCCC(=O)NCCc1ccccc1. The number of carbonyl (C=O) groups is 1. The molecule has 5 heteroatoms. The minimum absolute atomic E-state index is 0.00840. The van der Waals surface area contributed by atoms with Crippen LogP contribution in [0.25, 0.3) is 10.4 Å². The highest BCUT2D eigenvalue weighted by atomic mass is 16.1. The minimum Gasteiger partial charge on any atom is -0.356 e. The van der Waals surface area contributed by atoms with Crippen molar-refractivity contribution in [1.29, 1.82) is 0 Å². The molecule has 0 heterocycles. The molecule has 0 aliphatic rings. The molecular weight excluding hydrogens is 216 g/mol. The predicted octanol–water partition coefficient (Wildman–Crippen LogP) is 2.44. The van der Waals surface area contributed by atoms with Crippen molar-refractivity contribution in [2.24, 2.45) is 5.11 Å². The molecule has 1 rings (SSSR count). The molecule has 1 aromatic carbocycles. The third kappa shape index (κ3) is 6.22. The number of nitrogens with one attached hydrogen (secondary N) is 1. The zero-order valence-electron chi connectivity index (χ0n) is 9.67. The maximum Gasteiger partial charge on any atom is 0.220 e. The van der Waals surface area contributed by atoms with Crippen LogP contribution in [0.4, 0.5) is 0 Å². The van der Waals surface area contributed by atoms with Crippen molar-refractivity contribution < 1.29 is 4.79 Å². The monoisotopic (exact) mass is 232 g/mol. The molecule has 90 valence electrons. The van der Waals surface area contributed by atoms with E-state index < -0.39 is 0 Å². The summed E-state index contributed by atoms with van der Waals surface area (Å²) >= 11 is 0. The Kier molecular flexibility index (Phi) is 6.29. The molecule has 0 saturated heterocycles. The number of hydrogen-bond acceptors (Lipinski definition) is 2. The lowest BCUT2D eigenvalue weighted by Gasteiger charge is -2.04. The van der Waals surface area contributed by atoms with Gasteiger partial charge in [-0.2, -0.15) is 0 Å². The fraction of sp³-hybridized carbons (Fsp3) is 0.417. The Hall–Kier alpha value is -2.00. The summed E-state index contributed by atoms with van der Waals surface area (Å²) in [5, 5.41) is 6.21. The Balaban J connectivity index is 2.10. The van der Waals surface area contributed by atoms with Crippen LogP contribution in [0.1, 0.15) is 18.4 Å². The summed E-state index contributed by atoms with van der Waals surface area (Å²) in [5.41, 5.74) is 9.27. The average Bonchev–Trinajstić information content (AvgIpc) is 2.36. The first-order valence-electron chi connectivity index (χ1n) is 5.64. The Morgan fingerprint density at radius 2 is 2.12 bits per heavy atom. The molecular formula is C12H16N4O. The van der Waals surface area contributed by atoms with Gasteiger partial charge < -0.3 is 5.32 Å². The van der Waals surface area contributed by atoms with Crippen LogP contribution in [0.3, 0.4) is 0 Å². The Labute approximate surface area is 100 Å². The molecule has 0 fully saturated rings. The van der Waals surface area contributed by atoms with E-state index in [2.05, 4.69) is 15.3 Å². The fourth-order valence-electron chi connectivity index (χ4n) is 1.43. The second-order valence-corrected chi connectivity index (χ2v) is 3.64. The van der Waals surface area contributed by atoms with Gasteiger partial charge in [0.2, 0.25) is 5.91 Å². The maximum absolute atomic E-state index is 11.4. The van der Waals surface area contributed by atoms with Crippen LogP contribution in [0, 0.1) is 0 Å². The molecule has 0 spiro atoms. The number of carbonyl (C=O) groups excluding carboxylic acids is 1. The smallest absolute Gasteiger partial charge is 0.220 e. The molecule has 5 nitrogen and oxygen atoms in total. The van der Waals surface area contributed by atoms with Gasteiger partial charge in [0, 0.05) is 24.4 Å². The molecule has 1 amide bonds. The molecule has 0 radical (unpaired) electrons. The van der Waals surface area contributed by atoms with Crippen molar-refractivity contribution in [3.63, 3.8) is 0 Å². The van der Waals surface area contributed by atoms with E-state index in [0.29, 0.717) is 25.9 Å². The lowest BCUT2D eigenvalue weighted by Crippen LogP contribution is -2.25. The summed E-state index contributed by atoms with van der Waals surface area (Å²) in [5.74, 6) is 0.00840. The van der Waals surface area contributed by atoms with Gasteiger partial charge in [0.1, 0.15) is 0 Å². The first kappa shape index (κ1) is 13.1. The van der Waals surface area contributed by atoms with Gasteiger partial charge in [-0.15, -0.1) is 0 Å². The average molecular weight is 232 g/mol. The highest BCUT2D eigenvalue weighted by molar-refractivity contribution is 5.75. The number of rotatable bonds is 7. The highest BCUT2D eigenvalue weighted by Gasteiger charge is 1.99. The quantitative estimate of drug-likeness (QED) is 0.333. The van der Waals surface area contributed by atoms with Gasteiger partial charge in [0.25, 0.3) is 0 Å². The van der Waals surface area contributed by atoms with Crippen LogP contribution in [0.15, 0.2) is 35.4 Å². The van der Waals surface area contributed by atoms with E-state index in [-0.39, 0.29) is 5.91 Å². The van der Waals surface area contributed by atoms with E-state index in [9.17, 15) is 4.79 Å². The van der Waals surface area contributed by atoms with Crippen molar-refractivity contribution in [3.05, 3.63) is 46.3 Å². The molecule has 0 aromatic heterocycles. The molecule has 1 aromatic rings. The number of azide groups is 1. The van der Waals surface area contributed by atoms with Crippen molar-refractivity contribution in [3.8, 4) is 0 Å². The lowest BCUT2D eigenvalue weighted by atomic mass is 10.1. The van der Waals surface area contributed by atoms with Gasteiger partial charge >= 0.3 is 0 Å². The van der Waals surface area contributed by atoms with Gasteiger partial charge in [-0.25, -0.2) is 0 Å². The molecule has 0 aliphatic carbocycles. The Bertz CT molecular complexity index is 385. The molecule has 17 heavy (non-hydrogen) atoms. The summed E-state index contributed by atoms with van der Waals surface area (Å²) in [4.78, 5) is 14.0. The van der Waals surface area contributed by atoms with Crippen LogP contribution in [0.2, 0.25) is 0 Å². The predicted molar refractivity (Wildman–Crippen MR) is 66.4 cm³/mol. The molecule has 1 N–H and O–H groups in total. The number of hydrogen-bond donors (Lipinski definition) is 1. The first-order valence-corrected chi connectivity index (χ1v) is 5.64. The van der Waals surface area contributed by atoms with Crippen LogP contribution in [0.5, 0.6) is 0 Å². The zero-order valence-corrected chi connectivity index (χ0v) is 9.67. The topological polar surface area (TPSA) is 77.9 Å². The molecule has 0 unspecified atom stereocenters. The Morgan fingerprint density at radius 1 is 1.35 bits per heavy atom. The first-order chi connectivity index (χ1) is 8.33. The summed E-state index contributed by atoms with van der Waals surface area (Å²) in [6, 6.07) is 10.0. The van der Waals surface area contributed by atoms with Gasteiger partial charge in [0.05, 0.1) is 0 Å². The molecule has 0 bridgehead atoms. The van der Waals surface area contributed by atoms with Crippen LogP contribution < -0.4 is 5.32 Å². The number of benzene rings is 1. The lowest BCUT2D eigenvalue weighted by molar-refractivity contribution is -0.121.